The lowest BCUT2D eigenvalue weighted by molar-refractivity contribution is -0.123. The Morgan fingerprint density at radius 1 is 1.64 bits per heavy atom. The van der Waals surface area contributed by atoms with Crippen LogP contribution in [-0.4, -0.2) is 34.9 Å². The molecule has 0 saturated carbocycles. The molecule has 2 N–H and O–H groups in total. The summed E-state index contributed by atoms with van der Waals surface area (Å²) in [4.78, 5) is 11.7. The average Bonchev–Trinajstić information content (AvgIpc) is 2.49. The standard InChI is InChI=1S/C10H17NO3/c1-6-4-7-8(13)11-9(2,5-12)10(7,3)14-6/h6-7,12H,4-5H2,1-3H3,(H,11,13)/t6?,7-,9+,10-/m0/s1. The Hall–Kier alpha value is -0.610. The molecule has 2 heterocycles. The van der Waals surface area contributed by atoms with Gasteiger partial charge in [0, 0.05) is 0 Å². The maximum Gasteiger partial charge on any atom is 0.226 e. The van der Waals surface area contributed by atoms with Gasteiger partial charge in [0.25, 0.3) is 0 Å². The van der Waals surface area contributed by atoms with E-state index in [1.54, 1.807) is 0 Å². The van der Waals surface area contributed by atoms with Crippen molar-refractivity contribution in [3.8, 4) is 0 Å². The van der Waals surface area contributed by atoms with Gasteiger partial charge in [-0.3, -0.25) is 4.79 Å². The number of amides is 1. The molecule has 1 amide bonds. The highest BCUT2D eigenvalue weighted by Crippen LogP contribution is 2.47. The number of ether oxygens (including phenoxy) is 1. The first kappa shape index (κ1) is 9.93. The van der Waals surface area contributed by atoms with E-state index in [0.29, 0.717) is 0 Å². The molecule has 4 heteroatoms. The van der Waals surface area contributed by atoms with Crippen molar-refractivity contribution < 1.29 is 14.6 Å². The van der Waals surface area contributed by atoms with Crippen molar-refractivity contribution in [3.05, 3.63) is 0 Å². The maximum atomic E-state index is 11.7. The summed E-state index contributed by atoms with van der Waals surface area (Å²) in [6, 6.07) is 0. The van der Waals surface area contributed by atoms with Crippen molar-refractivity contribution in [3.63, 3.8) is 0 Å². The summed E-state index contributed by atoms with van der Waals surface area (Å²) >= 11 is 0. The van der Waals surface area contributed by atoms with Crippen LogP contribution in [0.2, 0.25) is 0 Å². The Kier molecular flexibility index (Phi) is 1.92. The van der Waals surface area contributed by atoms with Gasteiger partial charge in [0.1, 0.15) is 5.60 Å². The van der Waals surface area contributed by atoms with Gasteiger partial charge in [-0.1, -0.05) is 0 Å². The van der Waals surface area contributed by atoms with E-state index in [9.17, 15) is 9.90 Å². The zero-order chi connectivity index (χ0) is 10.6. The number of hydrogen-bond donors (Lipinski definition) is 2. The van der Waals surface area contributed by atoms with Gasteiger partial charge in [0.15, 0.2) is 0 Å². The Morgan fingerprint density at radius 3 is 2.86 bits per heavy atom. The number of aliphatic hydroxyl groups is 1. The van der Waals surface area contributed by atoms with Gasteiger partial charge in [-0.2, -0.15) is 0 Å². The van der Waals surface area contributed by atoms with E-state index in [2.05, 4.69) is 5.32 Å². The van der Waals surface area contributed by atoms with E-state index in [1.807, 2.05) is 20.8 Å². The second-order valence-corrected chi connectivity index (χ2v) is 4.80. The third-order valence-electron chi connectivity index (χ3n) is 3.81. The molecular weight excluding hydrogens is 182 g/mol. The van der Waals surface area contributed by atoms with Crippen LogP contribution in [0.4, 0.5) is 0 Å². The monoisotopic (exact) mass is 199 g/mol. The fraction of sp³-hybridized carbons (Fsp3) is 0.900. The van der Waals surface area contributed by atoms with Crippen LogP contribution in [0.5, 0.6) is 0 Å². The topological polar surface area (TPSA) is 58.6 Å². The molecule has 80 valence electrons. The van der Waals surface area contributed by atoms with Gasteiger partial charge in [-0.05, 0) is 27.2 Å². The normalized spacial score (nSPS) is 51.9. The fourth-order valence-corrected chi connectivity index (χ4v) is 2.66. The summed E-state index contributed by atoms with van der Waals surface area (Å²) < 4.78 is 5.81. The summed E-state index contributed by atoms with van der Waals surface area (Å²) in [5.41, 5.74) is -1.20. The fourth-order valence-electron chi connectivity index (χ4n) is 2.66. The van der Waals surface area contributed by atoms with Crippen molar-refractivity contribution in [2.45, 2.75) is 44.4 Å². The zero-order valence-electron chi connectivity index (χ0n) is 8.83. The van der Waals surface area contributed by atoms with E-state index >= 15 is 0 Å². The first-order valence-corrected chi connectivity index (χ1v) is 5.03. The Bertz CT molecular complexity index is 281. The predicted octanol–water partition coefficient (Wildman–Crippen LogP) is 0.0509. The van der Waals surface area contributed by atoms with Crippen molar-refractivity contribution >= 4 is 5.91 Å². The third-order valence-corrected chi connectivity index (χ3v) is 3.81. The molecule has 2 aliphatic heterocycles. The second kappa shape index (κ2) is 2.70. The number of nitrogens with one attached hydrogen (secondary N) is 1. The number of fused-ring (bicyclic) bond motifs is 1. The lowest BCUT2D eigenvalue weighted by Crippen LogP contribution is -2.57. The predicted molar refractivity (Wildman–Crippen MR) is 50.7 cm³/mol. The van der Waals surface area contributed by atoms with Gasteiger partial charge in [0.2, 0.25) is 5.91 Å². The Balaban J connectivity index is 2.38. The van der Waals surface area contributed by atoms with Gasteiger partial charge in [-0.15, -0.1) is 0 Å². The third kappa shape index (κ3) is 0.982. The van der Waals surface area contributed by atoms with Crippen LogP contribution in [0.25, 0.3) is 0 Å². The molecule has 14 heavy (non-hydrogen) atoms. The minimum absolute atomic E-state index is 0.00778. The quantitative estimate of drug-likeness (QED) is 0.627. The number of aliphatic hydroxyl groups excluding tert-OH is 1. The highest BCUT2D eigenvalue weighted by Gasteiger charge is 2.63. The maximum absolute atomic E-state index is 11.7. The van der Waals surface area contributed by atoms with Crippen LogP contribution in [0.1, 0.15) is 27.2 Å². The van der Waals surface area contributed by atoms with E-state index in [-0.39, 0.29) is 24.5 Å². The molecule has 0 aromatic rings. The molecule has 4 atom stereocenters. The number of hydrogen-bond acceptors (Lipinski definition) is 3. The summed E-state index contributed by atoms with van der Waals surface area (Å²) in [7, 11) is 0. The first-order valence-electron chi connectivity index (χ1n) is 5.03. The van der Waals surface area contributed by atoms with E-state index in [1.165, 1.54) is 0 Å². The molecule has 2 rings (SSSR count). The molecule has 2 aliphatic rings. The minimum atomic E-state index is -0.639. The Morgan fingerprint density at radius 2 is 2.29 bits per heavy atom. The molecular formula is C10H17NO3. The van der Waals surface area contributed by atoms with Crippen molar-refractivity contribution in [2.75, 3.05) is 6.61 Å². The first-order chi connectivity index (χ1) is 6.43. The van der Waals surface area contributed by atoms with E-state index < -0.39 is 11.1 Å². The summed E-state index contributed by atoms with van der Waals surface area (Å²) in [6.45, 7) is 5.63. The van der Waals surface area contributed by atoms with Crippen LogP contribution in [-0.2, 0) is 9.53 Å². The van der Waals surface area contributed by atoms with Gasteiger partial charge >= 0.3 is 0 Å². The van der Waals surface area contributed by atoms with Gasteiger partial charge < -0.3 is 15.2 Å². The second-order valence-electron chi connectivity index (χ2n) is 4.80. The molecule has 2 fully saturated rings. The lowest BCUT2D eigenvalue weighted by Gasteiger charge is -2.37. The summed E-state index contributed by atoms with van der Waals surface area (Å²) in [5.74, 6) is -0.108. The highest BCUT2D eigenvalue weighted by molar-refractivity contribution is 5.85. The van der Waals surface area contributed by atoms with Crippen LogP contribution in [0, 0.1) is 5.92 Å². The lowest BCUT2D eigenvalue weighted by atomic mass is 9.78. The Labute approximate surface area is 83.6 Å². The smallest absolute Gasteiger partial charge is 0.226 e. The van der Waals surface area contributed by atoms with Crippen molar-refractivity contribution in [1.82, 2.24) is 5.32 Å². The highest BCUT2D eigenvalue weighted by atomic mass is 16.5. The molecule has 0 bridgehead atoms. The van der Waals surface area contributed by atoms with Crippen molar-refractivity contribution in [1.29, 1.82) is 0 Å². The largest absolute Gasteiger partial charge is 0.394 e. The average molecular weight is 199 g/mol. The molecule has 0 radical (unpaired) electrons. The van der Waals surface area contributed by atoms with Crippen LogP contribution >= 0.6 is 0 Å². The number of carbonyl (C=O) groups excluding carboxylic acids is 1. The zero-order valence-corrected chi connectivity index (χ0v) is 8.83. The number of rotatable bonds is 1. The SMILES string of the molecule is CC1C[C@H]2C(=O)N[C@](C)(CO)[C@@]2(C)O1. The summed E-state index contributed by atoms with van der Waals surface area (Å²) in [6.07, 6.45) is 0.847. The molecule has 4 nitrogen and oxygen atoms in total. The van der Waals surface area contributed by atoms with Crippen LogP contribution in [0.3, 0.4) is 0 Å². The molecule has 0 aromatic carbocycles. The molecule has 0 spiro atoms. The van der Waals surface area contributed by atoms with Gasteiger partial charge in [-0.25, -0.2) is 0 Å². The number of carbonyl (C=O) groups is 1. The van der Waals surface area contributed by atoms with Crippen molar-refractivity contribution in [2.24, 2.45) is 5.92 Å². The molecule has 2 saturated heterocycles. The minimum Gasteiger partial charge on any atom is -0.394 e. The molecule has 1 unspecified atom stereocenters. The van der Waals surface area contributed by atoms with Crippen LogP contribution in [0.15, 0.2) is 0 Å². The summed E-state index contributed by atoms with van der Waals surface area (Å²) in [5, 5.41) is 12.2. The van der Waals surface area contributed by atoms with E-state index in [0.717, 1.165) is 6.42 Å². The van der Waals surface area contributed by atoms with Gasteiger partial charge in [0.05, 0.1) is 24.2 Å². The molecule has 0 aliphatic carbocycles. The van der Waals surface area contributed by atoms with Crippen LogP contribution < -0.4 is 5.32 Å². The van der Waals surface area contributed by atoms with E-state index in [4.69, 9.17) is 4.74 Å². The molecule has 0 aromatic heterocycles.